The van der Waals surface area contributed by atoms with Gasteiger partial charge in [-0.1, -0.05) is 71.5 Å². The third kappa shape index (κ3) is 6.39. The zero-order valence-corrected chi connectivity index (χ0v) is 21.9. The lowest BCUT2D eigenvalue weighted by Crippen LogP contribution is -2.35. The van der Waals surface area contributed by atoms with Gasteiger partial charge in [0, 0.05) is 24.7 Å². The van der Waals surface area contributed by atoms with Gasteiger partial charge in [0.1, 0.15) is 5.69 Å². The zero-order chi connectivity index (χ0) is 25.0. The summed E-state index contributed by atoms with van der Waals surface area (Å²) in [6.07, 6.45) is 1.86. The van der Waals surface area contributed by atoms with E-state index < -0.39 is 0 Å². The van der Waals surface area contributed by atoms with Crippen LogP contribution in [0.2, 0.25) is 0 Å². The number of aromatic nitrogens is 3. The Kier molecular flexibility index (Phi) is 7.40. The fourth-order valence-corrected chi connectivity index (χ4v) is 4.64. The second kappa shape index (κ2) is 10.5. The topological polar surface area (TPSA) is 74.6 Å². The number of carbonyl (C=O) groups excluding carboxylic acids is 1. The molecule has 0 aliphatic rings. The molecule has 2 aromatic heterocycles. The number of fused-ring (bicyclic) bond motifs is 1. The summed E-state index contributed by atoms with van der Waals surface area (Å²) >= 11 is 1.48. The van der Waals surface area contributed by atoms with Crippen LogP contribution in [0.25, 0.3) is 16.2 Å². The fourth-order valence-electron chi connectivity index (χ4n) is 3.78. The van der Waals surface area contributed by atoms with Gasteiger partial charge in [-0.15, -0.1) is 5.10 Å². The summed E-state index contributed by atoms with van der Waals surface area (Å²) in [5.74, 6) is 0.847. The van der Waals surface area contributed by atoms with E-state index in [2.05, 4.69) is 74.7 Å². The molecule has 8 heteroatoms. The molecule has 1 amide bonds. The van der Waals surface area contributed by atoms with E-state index in [1.165, 1.54) is 22.5 Å². The molecule has 0 saturated carbocycles. The molecular formula is C27H34N6OS. The summed E-state index contributed by atoms with van der Waals surface area (Å²) in [6, 6.07) is 18.7. The van der Waals surface area contributed by atoms with Crippen LogP contribution in [0.15, 0.2) is 54.6 Å². The van der Waals surface area contributed by atoms with E-state index in [0.29, 0.717) is 6.54 Å². The molecule has 2 N–H and O–H groups in total. The van der Waals surface area contributed by atoms with Crippen LogP contribution in [-0.2, 0) is 11.2 Å². The van der Waals surface area contributed by atoms with Gasteiger partial charge in [-0.25, -0.2) is 4.98 Å². The molecule has 35 heavy (non-hydrogen) atoms. The second-order valence-electron chi connectivity index (χ2n) is 9.92. The average Bonchev–Trinajstić information content (AvgIpc) is 3.37. The SMILES string of the molecule is Cc1ccc(-c2nc3sc(N(C)CC(=O)NCCCc4ccccc4)nn3c2NC(C)(C)C)cc1. The molecule has 4 rings (SSSR count). The number of hydrogen-bond donors (Lipinski definition) is 2. The molecule has 0 aliphatic heterocycles. The van der Waals surface area contributed by atoms with Gasteiger partial charge < -0.3 is 15.5 Å². The van der Waals surface area contributed by atoms with Gasteiger partial charge in [-0.3, -0.25) is 4.79 Å². The van der Waals surface area contributed by atoms with Crippen LogP contribution in [-0.4, -0.2) is 46.2 Å². The Morgan fingerprint density at radius 1 is 1.09 bits per heavy atom. The maximum absolute atomic E-state index is 12.5. The van der Waals surface area contributed by atoms with Crippen LogP contribution in [0, 0.1) is 6.92 Å². The number of nitrogens with one attached hydrogen (secondary N) is 2. The molecule has 2 heterocycles. The molecule has 0 spiro atoms. The average molecular weight is 491 g/mol. The Balaban J connectivity index is 1.44. The minimum atomic E-state index is -0.162. The standard InChI is InChI=1S/C27H34N6OS/c1-19-13-15-21(16-14-19)23-24(30-27(2,3)4)33-25(29-23)35-26(31-33)32(5)18-22(34)28-17-9-12-20-10-7-6-8-11-20/h6-8,10-11,13-16,30H,9,12,17-18H2,1-5H3,(H,28,34). The van der Waals surface area contributed by atoms with Crippen LogP contribution >= 0.6 is 11.3 Å². The molecule has 0 fully saturated rings. The van der Waals surface area contributed by atoms with E-state index in [1.807, 2.05) is 34.7 Å². The maximum Gasteiger partial charge on any atom is 0.239 e. The lowest BCUT2D eigenvalue weighted by molar-refractivity contribution is -0.119. The first-order chi connectivity index (χ1) is 16.7. The van der Waals surface area contributed by atoms with Crippen LogP contribution in [0.5, 0.6) is 0 Å². The van der Waals surface area contributed by atoms with Crippen LogP contribution in [0.1, 0.15) is 38.3 Å². The van der Waals surface area contributed by atoms with E-state index in [9.17, 15) is 4.79 Å². The summed E-state index contributed by atoms with van der Waals surface area (Å²) in [4.78, 5) is 20.1. The number of nitrogens with zero attached hydrogens (tertiary/aromatic N) is 4. The van der Waals surface area contributed by atoms with Gasteiger partial charge in [0.05, 0.1) is 6.54 Å². The van der Waals surface area contributed by atoms with Gasteiger partial charge in [-0.2, -0.15) is 4.52 Å². The van der Waals surface area contributed by atoms with Crippen molar-refractivity contribution in [2.24, 2.45) is 0 Å². The van der Waals surface area contributed by atoms with E-state index in [1.54, 1.807) is 0 Å². The molecule has 7 nitrogen and oxygen atoms in total. The smallest absolute Gasteiger partial charge is 0.239 e. The lowest BCUT2D eigenvalue weighted by Gasteiger charge is -2.22. The monoisotopic (exact) mass is 490 g/mol. The van der Waals surface area contributed by atoms with Crippen molar-refractivity contribution in [3.05, 3.63) is 65.7 Å². The minimum absolute atomic E-state index is 0.0122. The molecule has 0 radical (unpaired) electrons. The van der Waals surface area contributed by atoms with Gasteiger partial charge >= 0.3 is 0 Å². The number of anilines is 2. The van der Waals surface area contributed by atoms with Gasteiger partial charge in [0.2, 0.25) is 16.0 Å². The highest BCUT2D eigenvalue weighted by Crippen LogP contribution is 2.34. The van der Waals surface area contributed by atoms with E-state index in [0.717, 1.165) is 40.0 Å². The Labute approximate surface area is 211 Å². The first-order valence-electron chi connectivity index (χ1n) is 12.0. The van der Waals surface area contributed by atoms with Crippen LogP contribution in [0.4, 0.5) is 10.9 Å². The molecule has 0 saturated heterocycles. The number of benzene rings is 2. The van der Waals surface area contributed by atoms with Crippen molar-refractivity contribution >= 4 is 33.2 Å². The molecule has 0 atom stereocenters. The van der Waals surface area contributed by atoms with Crippen molar-refractivity contribution in [2.45, 2.75) is 46.1 Å². The van der Waals surface area contributed by atoms with Crippen molar-refractivity contribution in [1.82, 2.24) is 19.9 Å². The quantitative estimate of drug-likeness (QED) is 0.317. The Bertz CT molecular complexity index is 1270. The third-order valence-electron chi connectivity index (χ3n) is 5.53. The van der Waals surface area contributed by atoms with E-state index in [4.69, 9.17) is 10.1 Å². The Hall–Kier alpha value is -3.39. The summed E-state index contributed by atoms with van der Waals surface area (Å²) in [5, 5.41) is 12.1. The lowest BCUT2D eigenvalue weighted by atomic mass is 10.1. The summed E-state index contributed by atoms with van der Waals surface area (Å²) < 4.78 is 1.86. The van der Waals surface area contributed by atoms with Crippen molar-refractivity contribution < 1.29 is 4.79 Å². The highest BCUT2D eigenvalue weighted by Gasteiger charge is 2.23. The largest absolute Gasteiger partial charge is 0.364 e. The van der Waals surface area contributed by atoms with Crippen molar-refractivity contribution in [1.29, 1.82) is 0 Å². The first-order valence-corrected chi connectivity index (χ1v) is 12.8. The van der Waals surface area contributed by atoms with E-state index >= 15 is 0 Å². The zero-order valence-electron chi connectivity index (χ0n) is 21.1. The van der Waals surface area contributed by atoms with Crippen molar-refractivity contribution in [2.75, 3.05) is 30.4 Å². The highest BCUT2D eigenvalue weighted by molar-refractivity contribution is 7.20. The minimum Gasteiger partial charge on any atom is -0.364 e. The molecule has 2 aromatic carbocycles. The molecule has 4 aromatic rings. The summed E-state index contributed by atoms with van der Waals surface area (Å²) in [5.41, 5.74) is 4.26. The van der Waals surface area contributed by atoms with Gasteiger partial charge in [0.25, 0.3) is 0 Å². The molecular weight excluding hydrogens is 456 g/mol. The predicted octanol–water partition coefficient (Wildman–Crippen LogP) is 5.16. The second-order valence-corrected chi connectivity index (χ2v) is 10.9. The van der Waals surface area contributed by atoms with E-state index in [-0.39, 0.29) is 18.0 Å². The third-order valence-corrected chi connectivity index (χ3v) is 6.55. The number of imidazole rings is 1. The molecule has 0 aliphatic carbocycles. The van der Waals surface area contributed by atoms with Crippen molar-refractivity contribution in [3.8, 4) is 11.3 Å². The summed E-state index contributed by atoms with van der Waals surface area (Å²) in [7, 11) is 1.89. The number of likely N-dealkylation sites (N-methyl/N-ethyl adjacent to an activating group) is 1. The van der Waals surface area contributed by atoms with Crippen LogP contribution < -0.4 is 15.5 Å². The fraction of sp³-hybridized carbons (Fsp3) is 0.370. The van der Waals surface area contributed by atoms with Crippen molar-refractivity contribution in [3.63, 3.8) is 0 Å². The summed E-state index contributed by atoms with van der Waals surface area (Å²) in [6.45, 7) is 9.33. The molecule has 184 valence electrons. The Morgan fingerprint density at radius 3 is 2.49 bits per heavy atom. The first kappa shape index (κ1) is 24.7. The molecule has 0 bridgehead atoms. The van der Waals surface area contributed by atoms with Gasteiger partial charge in [-0.05, 0) is 46.1 Å². The number of rotatable bonds is 9. The number of amides is 1. The number of aryl methyl sites for hydroxylation is 2. The highest BCUT2D eigenvalue weighted by atomic mass is 32.1. The normalized spacial score (nSPS) is 11.6. The van der Waals surface area contributed by atoms with Crippen LogP contribution in [0.3, 0.4) is 0 Å². The number of hydrogen-bond acceptors (Lipinski definition) is 6. The Morgan fingerprint density at radius 2 is 1.80 bits per heavy atom. The number of carbonyl (C=O) groups is 1. The maximum atomic E-state index is 12.5. The predicted molar refractivity (Wildman–Crippen MR) is 145 cm³/mol. The molecule has 0 unspecified atom stereocenters. The van der Waals surface area contributed by atoms with Gasteiger partial charge in [0.15, 0.2) is 5.82 Å².